The smallest absolute Gasteiger partial charge is 0.0807 e. The van der Waals surface area contributed by atoms with E-state index in [0.29, 0.717) is 0 Å². The van der Waals surface area contributed by atoms with Crippen LogP contribution >= 0.6 is 0 Å². The van der Waals surface area contributed by atoms with Gasteiger partial charge in [-0.2, -0.15) is 0 Å². The molecule has 1 aromatic rings. The highest BCUT2D eigenvalue weighted by Crippen LogP contribution is 2.20. The maximum Gasteiger partial charge on any atom is 0.0807 e. The molecule has 0 saturated carbocycles. The summed E-state index contributed by atoms with van der Waals surface area (Å²) in [5, 5.41) is 9.79. The molecule has 0 radical (unpaired) electrons. The van der Waals surface area contributed by atoms with Gasteiger partial charge < -0.3 is 5.11 Å². The molecule has 72 valence electrons. The summed E-state index contributed by atoms with van der Waals surface area (Å²) >= 11 is 0. The van der Waals surface area contributed by atoms with Crippen LogP contribution in [0.5, 0.6) is 0 Å². The van der Waals surface area contributed by atoms with Gasteiger partial charge in [-0.3, -0.25) is 4.98 Å². The summed E-state index contributed by atoms with van der Waals surface area (Å²) in [7, 11) is 0. The summed E-state index contributed by atoms with van der Waals surface area (Å²) in [6, 6.07) is 3.82. The van der Waals surface area contributed by atoms with Crippen molar-refractivity contribution >= 4 is 0 Å². The Balaban J connectivity index is 2.65. The van der Waals surface area contributed by atoms with E-state index in [4.69, 9.17) is 0 Å². The standard InChI is InChI=1S/C11H17NO/c1-3-4-7-11(13)10-6-5-8-12-9(10)2/h5-6,8,11,13H,3-4,7H2,1-2H3. The van der Waals surface area contributed by atoms with Crippen molar-refractivity contribution in [1.29, 1.82) is 0 Å². The third kappa shape index (κ3) is 2.81. The monoisotopic (exact) mass is 179 g/mol. The zero-order chi connectivity index (χ0) is 9.68. The molecule has 1 aromatic heterocycles. The molecule has 1 unspecified atom stereocenters. The maximum atomic E-state index is 9.79. The Bertz CT molecular complexity index is 260. The minimum absolute atomic E-state index is 0.339. The van der Waals surface area contributed by atoms with Crippen LogP contribution in [-0.4, -0.2) is 10.1 Å². The van der Waals surface area contributed by atoms with Crippen molar-refractivity contribution < 1.29 is 5.11 Å². The fraction of sp³-hybridized carbons (Fsp3) is 0.545. The average Bonchev–Trinajstić information content (AvgIpc) is 2.15. The van der Waals surface area contributed by atoms with Crippen LogP contribution in [0, 0.1) is 6.92 Å². The van der Waals surface area contributed by atoms with Crippen molar-refractivity contribution in [3.05, 3.63) is 29.6 Å². The van der Waals surface area contributed by atoms with Crippen LogP contribution in [0.15, 0.2) is 18.3 Å². The van der Waals surface area contributed by atoms with Crippen molar-refractivity contribution in [2.75, 3.05) is 0 Å². The van der Waals surface area contributed by atoms with Crippen LogP contribution in [0.4, 0.5) is 0 Å². The van der Waals surface area contributed by atoms with Gasteiger partial charge in [0.15, 0.2) is 0 Å². The van der Waals surface area contributed by atoms with E-state index in [9.17, 15) is 5.11 Å². The Kier molecular flexibility index (Phi) is 3.90. The quantitative estimate of drug-likeness (QED) is 0.770. The lowest BCUT2D eigenvalue weighted by Crippen LogP contribution is -2.00. The number of aromatic nitrogens is 1. The second-order valence-electron chi connectivity index (χ2n) is 3.34. The van der Waals surface area contributed by atoms with Gasteiger partial charge in [-0.25, -0.2) is 0 Å². The van der Waals surface area contributed by atoms with Gasteiger partial charge >= 0.3 is 0 Å². The van der Waals surface area contributed by atoms with Gasteiger partial charge in [0, 0.05) is 17.5 Å². The molecule has 0 bridgehead atoms. The Morgan fingerprint density at radius 1 is 1.54 bits per heavy atom. The van der Waals surface area contributed by atoms with E-state index in [2.05, 4.69) is 11.9 Å². The molecule has 0 aliphatic heterocycles. The van der Waals surface area contributed by atoms with Crippen molar-refractivity contribution in [1.82, 2.24) is 4.98 Å². The van der Waals surface area contributed by atoms with Crippen LogP contribution in [0.2, 0.25) is 0 Å². The van der Waals surface area contributed by atoms with E-state index in [1.807, 2.05) is 19.1 Å². The number of unbranched alkanes of at least 4 members (excludes halogenated alkanes) is 1. The number of hydrogen-bond acceptors (Lipinski definition) is 2. The van der Waals surface area contributed by atoms with E-state index < -0.39 is 0 Å². The number of aliphatic hydroxyl groups excluding tert-OH is 1. The van der Waals surface area contributed by atoms with Crippen LogP contribution in [0.25, 0.3) is 0 Å². The highest BCUT2D eigenvalue weighted by Gasteiger charge is 2.09. The van der Waals surface area contributed by atoms with Crippen molar-refractivity contribution in [2.45, 2.75) is 39.2 Å². The first kappa shape index (κ1) is 10.2. The van der Waals surface area contributed by atoms with E-state index in [1.54, 1.807) is 6.20 Å². The first-order chi connectivity index (χ1) is 6.25. The zero-order valence-electron chi connectivity index (χ0n) is 8.33. The minimum atomic E-state index is -0.339. The summed E-state index contributed by atoms with van der Waals surface area (Å²) in [5.74, 6) is 0. The first-order valence-electron chi connectivity index (χ1n) is 4.85. The number of pyridine rings is 1. The lowest BCUT2D eigenvalue weighted by molar-refractivity contribution is 0.163. The van der Waals surface area contributed by atoms with E-state index in [-0.39, 0.29) is 6.10 Å². The molecule has 0 aliphatic rings. The normalized spacial score (nSPS) is 12.8. The summed E-state index contributed by atoms with van der Waals surface area (Å²) < 4.78 is 0. The number of rotatable bonds is 4. The SMILES string of the molecule is CCCCC(O)c1cccnc1C. The molecule has 1 atom stereocenters. The summed E-state index contributed by atoms with van der Waals surface area (Å²) in [5.41, 5.74) is 1.90. The first-order valence-corrected chi connectivity index (χ1v) is 4.85. The molecule has 0 aliphatic carbocycles. The lowest BCUT2D eigenvalue weighted by atomic mass is 10.0. The molecule has 2 heteroatoms. The topological polar surface area (TPSA) is 33.1 Å². The van der Waals surface area contributed by atoms with Crippen molar-refractivity contribution in [3.63, 3.8) is 0 Å². The molecule has 2 nitrogen and oxygen atoms in total. The van der Waals surface area contributed by atoms with E-state index in [1.165, 1.54) is 0 Å². The molecule has 0 aromatic carbocycles. The predicted molar refractivity (Wildman–Crippen MR) is 53.5 cm³/mol. The minimum Gasteiger partial charge on any atom is -0.388 e. The molecule has 1 heterocycles. The third-order valence-electron chi connectivity index (χ3n) is 2.24. The molecule has 13 heavy (non-hydrogen) atoms. The van der Waals surface area contributed by atoms with Crippen LogP contribution < -0.4 is 0 Å². The highest BCUT2D eigenvalue weighted by molar-refractivity contribution is 5.20. The fourth-order valence-corrected chi connectivity index (χ4v) is 1.40. The second kappa shape index (κ2) is 4.97. The molecular weight excluding hydrogens is 162 g/mol. The molecular formula is C11H17NO. The average molecular weight is 179 g/mol. The van der Waals surface area contributed by atoms with Crippen LogP contribution in [0.3, 0.4) is 0 Å². The van der Waals surface area contributed by atoms with Gasteiger partial charge in [0.2, 0.25) is 0 Å². The summed E-state index contributed by atoms with van der Waals surface area (Å²) in [6.07, 6.45) is 4.44. The molecule has 1 N–H and O–H groups in total. The van der Waals surface area contributed by atoms with Gasteiger partial charge in [0.25, 0.3) is 0 Å². The summed E-state index contributed by atoms with van der Waals surface area (Å²) in [4.78, 5) is 4.15. The van der Waals surface area contributed by atoms with E-state index in [0.717, 1.165) is 30.5 Å². The fourth-order valence-electron chi connectivity index (χ4n) is 1.40. The Morgan fingerprint density at radius 2 is 2.31 bits per heavy atom. The number of aryl methyl sites for hydroxylation is 1. The predicted octanol–water partition coefficient (Wildman–Crippen LogP) is 2.61. The summed E-state index contributed by atoms with van der Waals surface area (Å²) in [6.45, 7) is 4.06. The Labute approximate surface area is 79.6 Å². The number of aliphatic hydroxyl groups is 1. The van der Waals surface area contributed by atoms with Gasteiger partial charge in [0.1, 0.15) is 0 Å². The lowest BCUT2D eigenvalue weighted by Gasteiger charge is -2.11. The maximum absolute atomic E-state index is 9.79. The third-order valence-corrected chi connectivity index (χ3v) is 2.24. The molecule has 0 amide bonds. The number of nitrogens with zero attached hydrogens (tertiary/aromatic N) is 1. The Hall–Kier alpha value is -0.890. The zero-order valence-corrected chi connectivity index (χ0v) is 8.33. The molecule has 0 fully saturated rings. The van der Waals surface area contributed by atoms with Crippen LogP contribution in [0.1, 0.15) is 43.5 Å². The highest BCUT2D eigenvalue weighted by atomic mass is 16.3. The largest absolute Gasteiger partial charge is 0.388 e. The van der Waals surface area contributed by atoms with Crippen molar-refractivity contribution in [3.8, 4) is 0 Å². The van der Waals surface area contributed by atoms with Crippen molar-refractivity contribution in [2.24, 2.45) is 0 Å². The molecule has 0 spiro atoms. The second-order valence-corrected chi connectivity index (χ2v) is 3.34. The van der Waals surface area contributed by atoms with E-state index >= 15 is 0 Å². The molecule has 0 saturated heterocycles. The van der Waals surface area contributed by atoms with Gasteiger partial charge in [-0.05, 0) is 19.4 Å². The number of hydrogen-bond donors (Lipinski definition) is 1. The van der Waals surface area contributed by atoms with Gasteiger partial charge in [-0.1, -0.05) is 25.8 Å². The van der Waals surface area contributed by atoms with Gasteiger partial charge in [0.05, 0.1) is 6.10 Å². The Morgan fingerprint density at radius 3 is 2.92 bits per heavy atom. The molecule has 1 rings (SSSR count). The van der Waals surface area contributed by atoms with Crippen LogP contribution in [-0.2, 0) is 0 Å². The van der Waals surface area contributed by atoms with Gasteiger partial charge in [-0.15, -0.1) is 0 Å².